The van der Waals surface area contributed by atoms with E-state index < -0.39 is 41.3 Å². The second-order valence-corrected chi connectivity index (χ2v) is 11.3. The van der Waals surface area contributed by atoms with E-state index in [1.807, 2.05) is 0 Å². The number of guanidine groups is 1. The first-order chi connectivity index (χ1) is 18.8. The van der Waals surface area contributed by atoms with Gasteiger partial charge in [0.1, 0.15) is 11.4 Å². The molecule has 2 heterocycles. The fraction of sp³-hybridized carbons (Fsp3) is 0.423. The quantitative estimate of drug-likeness (QED) is 0.253. The van der Waals surface area contributed by atoms with Crippen molar-refractivity contribution in [2.45, 2.75) is 32.7 Å². The summed E-state index contributed by atoms with van der Waals surface area (Å²) in [5.74, 6) is -2.53. The number of carbonyl (C=O) groups is 3. The van der Waals surface area contributed by atoms with Gasteiger partial charge in [0.15, 0.2) is 5.96 Å². The maximum atomic E-state index is 12.9. The van der Waals surface area contributed by atoms with Crippen molar-refractivity contribution in [3.05, 3.63) is 55.9 Å². The van der Waals surface area contributed by atoms with Gasteiger partial charge in [-0.1, -0.05) is 37.0 Å². The lowest BCUT2D eigenvalue weighted by molar-refractivity contribution is -0.145. The molecule has 6 N–H and O–H groups in total. The number of nitrogens with zero attached hydrogens (tertiary/aromatic N) is 1. The third-order valence-corrected chi connectivity index (χ3v) is 7.14. The monoisotopic (exact) mass is 592 g/mol. The number of phenolic OH excluding ortho intramolecular Hbond substituents is 1. The second kappa shape index (κ2) is 11.4. The van der Waals surface area contributed by atoms with E-state index in [1.165, 1.54) is 24.4 Å². The number of hydrogen-bond acceptors (Lipinski definition) is 9. The minimum absolute atomic E-state index is 0.0208. The lowest BCUT2D eigenvalue weighted by Gasteiger charge is -2.29. The van der Waals surface area contributed by atoms with Gasteiger partial charge in [0.05, 0.1) is 35.2 Å². The average molecular weight is 593 g/mol. The normalized spacial score (nSPS) is 20.9. The maximum absolute atomic E-state index is 12.9. The summed E-state index contributed by atoms with van der Waals surface area (Å²) in [6, 6.07) is 4.10. The Morgan fingerprint density at radius 2 is 1.98 bits per heavy atom. The molecule has 2 aliphatic rings. The number of rotatable bonds is 8. The lowest BCUT2D eigenvalue weighted by atomic mass is 9.93. The molecule has 0 unspecified atom stereocenters. The highest BCUT2D eigenvalue weighted by Crippen LogP contribution is 2.56. The molecule has 1 saturated carbocycles. The van der Waals surface area contributed by atoms with Crippen LogP contribution in [0.4, 0.5) is 5.69 Å². The number of pyridine rings is 1. The van der Waals surface area contributed by atoms with Crippen LogP contribution in [0.3, 0.4) is 0 Å². The van der Waals surface area contributed by atoms with Crippen LogP contribution in [0.5, 0.6) is 5.75 Å². The summed E-state index contributed by atoms with van der Waals surface area (Å²) in [5.41, 5.74) is -1.43. The Hall–Kier alpha value is -3.77. The lowest BCUT2D eigenvalue weighted by Crippen LogP contribution is -2.45. The van der Waals surface area contributed by atoms with Crippen LogP contribution in [0.15, 0.2) is 34.2 Å². The number of esters is 1. The molecule has 2 aromatic rings. The van der Waals surface area contributed by atoms with Gasteiger partial charge >= 0.3 is 5.97 Å². The first kappa shape index (κ1) is 29.2. The highest BCUT2D eigenvalue weighted by Gasteiger charge is 2.62. The summed E-state index contributed by atoms with van der Waals surface area (Å²) in [5, 5.41) is 22.0. The van der Waals surface area contributed by atoms with Crippen LogP contribution >= 0.6 is 23.2 Å². The number of aromatic hydroxyl groups is 1. The van der Waals surface area contributed by atoms with Gasteiger partial charge in [0.25, 0.3) is 11.5 Å². The van der Waals surface area contributed by atoms with Crippen molar-refractivity contribution in [3.8, 4) is 5.75 Å². The Morgan fingerprint density at radius 3 is 2.65 bits per heavy atom. The Labute approximate surface area is 239 Å². The number of aromatic nitrogens is 1. The van der Waals surface area contributed by atoms with Crippen molar-refractivity contribution in [2.75, 3.05) is 31.6 Å². The number of ether oxygens (including phenoxy) is 1. The van der Waals surface area contributed by atoms with Crippen molar-refractivity contribution in [3.63, 3.8) is 0 Å². The number of nitrogens with one attached hydrogen (secondary N) is 5. The molecule has 1 aliphatic heterocycles. The number of carbonyl (C=O) groups excluding carboxylic acids is 3. The van der Waals surface area contributed by atoms with Gasteiger partial charge in [-0.05, 0) is 31.5 Å². The summed E-state index contributed by atoms with van der Waals surface area (Å²) in [6.07, 6.45) is 1.37. The van der Waals surface area contributed by atoms with Crippen LogP contribution in [0.25, 0.3) is 0 Å². The first-order valence-corrected chi connectivity index (χ1v) is 13.3. The maximum Gasteiger partial charge on any atom is 0.311 e. The van der Waals surface area contributed by atoms with Crippen LogP contribution in [-0.4, -0.2) is 60.1 Å². The van der Waals surface area contributed by atoms with E-state index in [2.05, 4.69) is 45.1 Å². The zero-order valence-electron chi connectivity index (χ0n) is 22.1. The van der Waals surface area contributed by atoms with Gasteiger partial charge in [-0.2, -0.15) is 0 Å². The Bertz CT molecular complexity index is 1440. The molecule has 0 saturated heterocycles. The van der Waals surface area contributed by atoms with Crippen LogP contribution in [-0.2, 0) is 19.9 Å². The van der Waals surface area contributed by atoms with Crippen molar-refractivity contribution < 1.29 is 24.2 Å². The van der Waals surface area contributed by atoms with Crippen molar-refractivity contribution in [2.24, 2.45) is 16.3 Å². The Balaban J connectivity index is 1.45. The summed E-state index contributed by atoms with van der Waals surface area (Å²) < 4.78 is 5.11. The second-order valence-electron chi connectivity index (χ2n) is 10.4. The molecule has 4 rings (SSSR count). The zero-order chi connectivity index (χ0) is 29.2. The fourth-order valence-electron chi connectivity index (χ4n) is 4.40. The largest absolute Gasteiger partial charge is 0.506 e. The molecule has 0 radical (unpaired) electrons. The van der Waals surface area contributed by atoms with E-state index in [9.17, 15) is 24.3 Å². The summed E-state index contributed by atoms with van der Waals surface area (Å²) in [7, 11) is 0. The molecule has 2 amide bonds. The number of anilines is 1. The number of benzene rings is 1. The minimum Gasteiger partial charge on any atom is -0.506 e. The molecular formula is C26H30Cl2N6O6. The van der Waals surface area contributed by atoms with Crippen LogP contribution in [0.1, 0.15) is 43.1 Å². The highest BCUT2D eigenvalue weighted by molar-refractivity contribution is 6.35. The van der Waals surface area contributed by atoms with Crippen LogP contribution < -0.4 is 26.8 Å². The summed E-state index contributed by atoms with van der Waals surface area (Å²) >= 11 is 12.2. The van der Waals surface area contributed by atoms with Gasteiger partial charge in [0.2, 0.25) is 5.91 Å². The van der Waals surface area contributed by atoms with E-state index in [4.69, 9.17) is 27.9 Å². The third-order valence-electron chi connectivity index (χ3n) is 6.63. The van der Waals surface area contributed by atoms with Gasteiger partial charge in [-0.15, -0.1) is 0 Å². The molecule has 1 aliphatic carbocycles. The van der Waals surface area contributed by atoms with E-state index >= 15 is 0 Å². The van der Waals surface area contributed by atoms with Gasteiger partial charge in [-0.25, -0.2) is 0 Å². The van der Waals surface area contributed by atoms with E-state index in [-0.39, 0.29) is 51.1 Å². The van der Waals surface area contributed by atoms with Gasteiger partial charge in [0, 0.05) is 35.3 Å². The number of H-pyrrole nitrogens is 1. The molecule has 1 aromatic heterocycles. The molecule has 214 valence electrons. The van der Waals surface area contributed by atoms with Gasteiger partial charge < -0.3 is 36.1 Å². The van der Waals surface area contributed by atoms with Crippen molar-refractivity contribution in [1.82, 2.24) is 20.9 Å². The molecule has 14 heteroatoms. The molecular weight excluding hydrogens is 563 g/mol. The molecule has 40 heavy (non-hydrogen) atoms. The summed E-state index contributed by atoms with van der Waals surface area (Å²) in [6.45, 7) is 6.66. The number of amides is 2. The van der Waals surface area contributed by atoms with Crippen LogP contribution in [0, 0.1) is 11.3 Å². The molecule has 0 bridgehead atoms. The molecule has 0 spiro atoms. The first-order valence-electron chi connectivity index (χ1n) is 12.6. The fourth-order valence-corrected chi connectivity index (χ4v) is 4.90. The Kier molecular flexibility index (Phi) is 8.31. The average Bonchev–Trinajstić information content (AvgIpc) is 3.62. The predicted octanol–water partition coefficient (Wildman–Crippen LogP) is 2.11. The van der Waals surface area contributed by atoms with Crippen molar-refractivity contribution in [1.29, 1.82) is 0 Å². The highest BCUT2D eigenvalue weighted by atomic mass is 35.5. The van der Waals surface area contributed by atoms with Crippen LogP contribution in [0.2, 0.25) is 10.0 Å². The molecule has 1 fully saturated rings. The number of halogens is 2. The van der Waals surface area contributed by atoms with E-state index in [0.717, 1.165) is 0 Å². The van der Waals surface area contributed by atoms with Gasteiger partial charge in [-0.3, -0.25) is 24.2 Å². The smallest absolute Gasteiger partial charge is 0.311 e. The molecule has 1 aromatic carbocycles. The number of aromatic amines is 1. The zero-order valence-corrected chi connectivity index (χ0v) is 23.6. The number of phenols is 1. The third kappa shape index (κ3) is 6.34. The van der Waals surface area contributed by atoms with E-state index in [0.29, 0.717) is 19.0 Å². The number of hydrogen-bond donors (Lipinski definition) is 6. The number of aliphatic imine (C=N–C) groups is 1. The Morgan fingerprint density at radius 1 is 1.23 bits per heavy atom. The SMILES string of the molecule is CCOC(=O)[C@@H]1C[C@]1(NC(=O)CNC(=O)c1c[nH]c(=O)c(NC2=NCC(C)(C)CN2)c1)c1cc(Cl)cc(Cl)c1O. The van der Waals surface area contributed by atoms with Crippen molar-refractivity contribution >= 4 is 52.6 Å². The predicted molar refractivity (Wildman–Crippen MR) is 150 cm³/mol. The van der Waals surface area contributed by atoms with E-state index in [1.54, 1.807) is 6.92 Å². The minimum atomic E-state index is -1.32. The molecule has 12 nitrogen and oxygen atoms in total. The summed E-state index contributed by atoms with van der Waals surface area (Å²) in [4.78, 5) is 57.4. The standard InChI is InChI=1S/C26H30Cl2N6O6/c1-4-40-23(39)16-8-26(16,15-6-14(27)7-17(28)20(15)36)34-19(35)10-30-21(37)13-5-18(22(38)29-9-13)33-24-31-11-25(2,3)12-32-24/h5-7,9,16,36H,4,8,10-12H2,1-3H3,(H,29,38)(H,30,37)(H,34,35)(H2,31,32,33)/t16-,26-/m0/s1. The topological polar surface area (TPSA) is 174 Å². The molecule has 2 atom stereocenters.